The number of carbonyl (C=O) groups is 1. The number of nitrogens with one attached hydrogen (secondary N) is 2. The van der Waals surface area contributed by atoms with Crippen LogP contribution in [0.15, 0.2) is 48.5 Å². The fraction of sp³-hybridized carbons (Fsp3) is 0.435. The van der Waals surface area contributed by atoms with E-state index in [1.807, 2.05) is 55.5 Å². The van der Waals surface area contributed by atoms with Crippen molar-refractivity contribution in [2.75, 3.05) is 50.2 Å². The lowest BCUT2D eigenvalue weighted by atomic mass is 10.2. The van der Waals surface area contributed by atoms with E-state index in [4.69, 9.17) is 18.9 Å². The number of para-hydroxylation sites is 4. The van der Waals surface area contributed by atoms with Crippen molar-refractivity contribution in [2.24, 2.45) is 0 Å². The molecule has 1 heterocycles. The molecule has 7 heteroatoms. The van der Waals surface area contributed by atoms with Crippen LogP contribution in [0.25, 0.3) is 0 Å². The third-order valence-electron chi connectivity index (χ3n) is 4.63. The minimum Gasteiger partial charge on any atom is -0.489 e. The van der Waals surface area contributed by atoms with E-state index >= 15 is 0 Å². The van der Waals surface area contributed by atoms with Crippen molar-refractivity contribution in [3.8, 4) is 11.5 Å². The number of rotatable bonds is 12. The van der Waals surface area contributed by atoms with Gasteiger partial charge in [0.15, 0.2) is 0 Å². The molecule has 2 aromatic rings. The second kappa shape index (κ2) is 12.0. The number of ether oxygens (including phenoxy) is 4. The Labute approximate surface area is 177 Å². The van der Waals surface area contributed by atoms with Crippen molar-refractivity contribution < 1.29 is 23.7 Å². The van der Waals surface area contributed by atoms with Crippen LogP contribution in [0.4, 0.5) is 11.4 Å². The molecule has 1 aliphatic heterocycles. The topological polar surface area (TPSA) is 78.1 Å². The molecule has 1 aliphatic rings. The predicted octanol–water partition coefficient (Wildman–Crippen LogP) is 3.71. The van der Waals surface area contributed by atoms with Crippen molar-refractivity contribution in [3.05, 3.63) is 48.5 Å². The quantitative estimate of drug-likeness (QED) is 0.516. The molecule has 1 fully saturated rings. The normalized spacial score (nSPS) is 15.6. The van der Waals surface area contributed by atoms with Gasteiger partial charge in [0.1, 0.15) is 24.7 Å². The van der Waals surface area contributed by atoms with E-state index in [1.54, 1.807) is 0 Å². The zero-order valence-corrected chi connectivity index (χ0v) is 17.4. The Kier molecular flexibility index (Phi) is 8.80. The third-order valence-corrected chi connectivity index (χ3v) is 4.63. The molecule has 7 nitrogen and oxygen atoms in total. The first-order valence-electron chi connectivity index (χ1n) is 10.4. The first-order valence-corrected chi connectivity index (χ1v) is 10.4. The fourth-order valence-electron chi connectivity index (χ4n) is 3.12. The lowest BCUT2D eigenvalue weighted by Crippen LogP contribution is -2.23. The van der Waals surface area contributed by atoms with Gasteiger partial charge in [-0.1, -0.05) is 24.3 Å². The smallest absolute Gasteiger partial charge is 0.243 e. The summed E-state index contributed by atoms with van der Waals surface area (Å²) in [7, 11) is 0. The maximum atomic E-state index is 12.5. The van der Waals surface area contributed by atoms with Gasteiger partial charge in [-0.15, -0.1) is 0 Å². The maximum absolute atomic E-state index is 12.5. The number of hydrogen-bond acceptors (Lipinski definition) is 6. The number of amides is 1. The van der Waals surface area contributed by atoms with Crippen molar-refractivity contribution >= 4 is 17.3 Å². The SMILES string of the molecule is CCOCCOc1ccccc1NC(=O)CNc1ccccc1OCC1CCCO1. The second-order valence-electron chi connectivity index (χ2n) is 6.89. The molecule has 3 rings (SSSR count). The van der Waals surface area contributed by atoms with Crippen LogP contribution in [0.3, 0.4) is 0 Å². The van der Waals surface area contributed by atoms with Crippen LogP contribution in [-0.2, 0) is 14.3 Å². The van der Waals surface area contributed by atoms with E-state index in [1.165, 1.54) is 0 Å². The van der Waals surface area contributed by atoms with Gasteiger partial charge in [0.2, 0.25) is 5.91 Å². The summed E-state index contributed by atoms with van der Waals surface area (Å²) in [6, 6.07) is 14.9. The van der Waals surface area contributed by atoms with Crippen LogP contribution >= 0.6 is 0 Å². The highest BCUT2D eigenvalue weighted by Crippen LogP contribution is 2.26. The Balaban J connectivity index is 1.50. The van der Waals surface area contributed by atoms with Gasteiger partial charge in [0, 0.05) is 13.2 Å². The molecule has 1 atom stereocenters. The summed E-state index contributed by atoms with van der Waals surface area (Å²) in [4.78, 5) is 12.5. The Hall–Kier alpha value is -2.77. The molecule has 2 aromatic carbocycles. The van der Waals surface area contributed by atoms with E-state index < -0.39 is 0 Å². The maximum Gasteiger partial charge on any atom is 0.243 e. The number of benzene rings is 2. The van der Waals surface area contributed by atoms with Gasteiger partial charge in [-0.25, -0.2) is 0 Å². The highest BCUT2D eigenvalue weighted by molar-refractivity contribution is 5.95. The molecule has 0 spiro atoms. The largest absolute Gasteiger partial charge is 0.489 e. The van der Waals surface area contributed by atoms with E-state index in [9.17, 15) is 4.79 Å². The van der Waals surface area contributed by atoms with Gasteiger partial charge in [-0.05, 0) is 44.0 Å². The Bertz CT molecular complexity index is 793. The van der Waals surface area contributed by atoms with Gasteiger partial charge in [0.05, 0.1) is 30.6 Å². The van der Waals surface area contributed by atoms with E-state index in [0.29, 0.717) is 43.6 Å². The molecule has 0 saturated carbocycles. The second-order valence-corrected chi connectivity index (χ2v) is 6.89. The van der Waals surface area contributed by atoms with Crippen molar-refractivity contribution in [3.63, 3.8) is 0 Å². The first-order chi connectivity index (χ1) is 14.8. The van der Waals surface area contributed by atoms with Crippen molar-refractivity contribution in [1.82, 2.24) is 0 Å². The minimum atomic E-state index is -0.176. The van der Waals surface area contributed by atoms with Gasteiger partial charge >= 0.3 is 0 Å². The van der Waals surface area contributed by atoms with Crippen LogP contribution < -0.4 is 20.1 Å². The van der Waals surface area contributed by atoms with Crippen molar-refractivity contribution in [2.45, 2.75) is 25.9 Å². The summed E-state index contributed by atoms with van der Waals surface area (Å²) < 4.78 is 22.5. The summed E-state index contributed by atoms with van der Waals surface area (Å²) in [5.74, 6) is 1.15. The van der Waals surface area contributed by atoms with Gasteiger partial charge in [0.25, 0.3) is 0 Å². The summed E-state index contributed by atoms with van der Waals surface area (Å²) in [6.07, 6.45) is 2.23. The minimum absolute atomic E-state index is 0.105. The monoisotopic (exact) mass is 414 g/mol. The molecule has 0 radical (unpaired) electrons. The number of carbonyl (C=O) groups excluding carboxylic acids is 1. The number of hydrogen-bond donors (Lipinski definition) is 2. The molecule has 30 heavy (non-hydrogen) atoms. The molecule has 1 saturated heterocycles. The first kappa shape index (κ1) is 21.9. The molecular weight excluding hydrogens is 384 g/mol. The Morgan fingerprint density at radius 3 is 2.50 bits per heavy atom. The third kappa shape index (κ3) is 6.93. The fourth-order valence-corrected chi connectivity index (χ4v) is 3.12. The Morgan fingerprint density at radius 1 is 1.03 bits per heavy atom. The van der Waals surface area contributed by atoms with Crippen LogP contribution in [0.5, 0.6) is 11.5 Å². The summed E-state index contributed by atoms with van der Waals surface area (Å²) in [5, 5.41) is 6.04. The van der Waals surface area contributed by atoms with Crippen LogP contribution in [0, 0.1) is 0 Å². The molecule has 0 aliphatic carbocycles. The molecule has 1 amide bonds. The molecule has 162 valence electrons. The zero-order chi connectivity index (χ0) is 21.0. The standard InChI is InChI=1S/C23H30N2O5/c1-2-27-14-15-29-22-12-6-4-10-20(22)25-23(26)16-24-19-9-3-5-11-21(19)30-17-18-8-7-13-28-18/h3-6,9-12,18,24H,2,7-8,13-17H2,1H3,(H,25,26). The molecular formula is C23H30N2O5. The molecule has 0 aromatic heterocycles. The molecule has 2 N–H and O–H groups in total. The summed E-state index contributed by atoms with van der Waals surface area (Å²) in [5.41, 5.74) is 1.40. The number of anilines is 2. The van der Waals surface area contributed by atoms with Crippen LogP contribution in [0.2, 0.25) is 0 Å². The van der Waals surface area contributed by atoms with E-state index in [-0.39, 0.29) is 18.6 Å². The van der Waals surface area contributed by atoms with E-state index in [0.717, 1.165) is 25.1 Å². The predicted molar refractivity (Wildman–Crippen MR) is 116 cm³/mol. The zero-order valence-electron chi connectivity index (χ0n) is 17.4. The lowest BCUT2D eigenvalue weighted by Gasteiger charge is -2.16. The van der Waals surface area contributed by atoms with Crippen molar-refractivity contribution in [1.29, 1.82) is 0 Å². The lowest BCUT2D eigenvalue weighted by molar-refractivity contribution is -0.114. The highest BCUT2D eigenvalue weighted by Gasteiger charge is 2.17. The molecule has 0 bridgehead atoms. The van der Waals surface area contributed by atoms with Gasteiger partial charge in [-0.3, -0.25) is 4.79 Å². The van der Waals surface area contributed by atoms with E-state index in [2.05, 4.69) is 10.6 Å². The molecule has 1 unspecified atom stereocenters. The average molecular weight is 415 g/mol. The summed E-state index contributed by atoms with van der Waals surface area (Å²) in [6.45, 7) is 4.92. The average Bonchev–Trinajstić information content (AvgIpc) is 3.29. The summed E-state index contributed by atoms with van der Waals surface area (Å²) >= 11 is 0. The van der Waals surface area contributed by atoms with Crippen LogP contribution in [-0.4, -0.2) is 51.6 Å². The van der Waals surface area contributed by atoms with Crippen LogP contribution in [0.1, 0.15) is 19.8 Å². The highest BCUT2D eigenvalue weighted by atomic mass is 16.5. The van der Waals surface area contributed by atoms with Gasteiger partial charge in [-0.2, -0.15) is 0 Å². The van der Waals surface area contributed by atoms with Gasteiger partial charge < -0.3 is 29.6 Å². The Morgan fingerprint density at radius 2 is 1.77 bits per heavy atom.